The van der Waals surface area contributed by atoms with Crippen molar-refractivity contribution in [1.29, 1.82) is 0 Å². The fourth-order valence-corrected chi connectivity index (χ4v) is 5.62. The lowest BCUT2D eigenvalue weighted by Crippen LogP contribution is -2.35. The zero-order valence-corrected chi connectivity index (χ0v) is 20.5. The number of fused-ring (bicyclic) bond motifs is 2. The molecule has 2 fully saturated rings. The van der Waals surface area contributed by atoms with E-state index in [1.54, 1.807) is 6.08 Å². The number of rotatable bonds is 9. The van der Waals surface area contributed by atoms with Gasteiger partial charge in [-0.3, -0.25) is 4.79 Å². The third kappa shape index (κ3) is 5.60. The fourth-order valence-electron chi connectivity index (χ4n) is 5.04. The highest BCUT2D eigenvalue weighted by Crippen LogP contribution is 2.59. The molecule has 0 saturated heterocycles. The average molecular weight is 457 g/mol. The molecule has 1 N–H and O–H groups in total. The first-order valence-electron chi connectivity index (χ1n) is 11.2. The van der Waals surface area contributed by atoms with Gasteiger partial charge in [0, 0.05) is 11.7 Å². The normalized spacial score (nSPS) is 28.0. The highest BCUT2D eigenvalue weighted by Gasteiger charge is 2.60. The lowest BCUT2D eigenvalue weighted by atomic mass is 9.78. The lowest BCUT2D eigenvalue weighted by Gasteiger charge is -2.33. The van der Waals surface area contributed by atoms with E-state index in [0.717, 1.165) is 29.7 Å². The van der Waals surface area contributed by atoms with Gasteiger partial charge < -0.3 is 14.6 Å². The van der Waals surface area contributed by atoms with Crippen LogP contribution in [0.2, 0.25) is 0 Å². The van der Waals surface area contributed by atoms with Gasteiger partial charge in [-0.1, -0.05) is 30.2 Å². The predicted octanol–water partition coefficient (Wildman–Crippen LogP) is 4.67. The van der Waals surface area contributed by atoms with Crippen LogP contribution in [0.25, 0.3) is 0 Å². The number of carbonyl (C=O) groups excluding carboxylic acids is 1. The SMILES string of the molecule is C#C/C=C(\C=C/C)COc1ccc(C2(O)CC3CCC2C3C(=O)OCCS(C)(C)C)cc1. The number of hydrogen-bond acceptors (Lipinski definition) is 4. The van der Waals surface area contributed by atoms with Crippen LogP contribution in [0, 0.1) is 30.1 Å². The van der Waals surface area contributed by atoms with Gasteiger partial charge in [0.1, 0.15) is 12.4 Å². The topological polar surface area (TPSA) is 55.8 Å². The standard InChI is InChI=1S/C27H36O4S/c1-6-8-20(9-7-2)19-31-23-13-11-22(12-14-23)27(29)18-21-10-15-24(27)25(21)26(28)30-16-17-32(3,4)5/h1,7-9,11-14,21,24-25,29H,10,15-19H2,2-5H3/b9-7-,20-8+. The molecule has 3 rings (SSSR count). The molecule has 0 aromatic heterocycles. The summed E-state index contributed by atoms with van der Waals surface area (Å²) in [6.45, 7) is 2.79. The second kappa shape index (κ2) is 10.2. The van der Waals surface area contributed by atoms with Crippen LogP contribution < -0.4 is 4.74 Å². The van der Waals surface area contributed by atoms with Gasteiger partial charge in [-0.15, -0.1) is 6.42 Å². The smallest absolute Gasteiger partial charge is 0.309 e. The first-order chi connectivity index (χ1) is 15.2. The molecule has 4 unspecified atom stereocenters. The van der Waals surface area contributed by atoms with Crippen LogP contribution in [0.1, 0.15) is 31.7 Å². The fraction of sp³-hybridized carbons (Fsp3) is 0.519. The number of ether oxygens (including phenoxy) is 2. The van der Waals surface area contributed by atoms with Gasteiger partial charge in [-0.05, 0) is 80.2 Å². The van der Waals surface area contributed by atoms with Crippen LogP contribution in [-0.4, -0.2) is 48.8 Å². The van der Waals surface area contributed by atoms with Gasteiger partial charge in [0.15, 0.2) is 0 Å². The predicted molar refractivity (Wildman–Crippen MR) is 133 cm³/mol. The Labute approximate surface area is 194 Å². The van der Waals surface area contributed by atoms with E-state index < -0.39 is 15.6 Å². The maximum Gasteiger partial charge on any atom is 0.309 e. The summed E-state index contributed by atoms with van der Waals surface area (Å²) in [6, 6.07) is 7.59. The van der Waals surface area contributed by atoms with Crippen molar-refractivity contribution in [2.24, 2.45) is 17.8 Å². The van der Waals surface area contributed by atoms with Gasteiger partial charge in [-0.2, -0.15) is 0 Å². The Hall–Kier alpha value is -2.16. The number of aliphatic hydroxyl groups is 1. The lowest BCUT2D eigenvalue weighted by molar-refractivity contribution is -0.151. The number of hydrogen-bond donors (Lipinski definition) is 1. The molecule has 2 bridgehead atoms. The minimum absolute atomic E-state index is 0.0893. The number of benzene rings is 1. The van der Waals surface area contributed by atoms with E-state index in [-0.39, 0.29) is 23.7 Å². The molecule has 0 aliphatic heterocycles. The van der Waals surface area contributed by atoms with Gasteiger partial charge >= 0.3 is 5.97 Å². The number of allylic oxidation sites excluding steroid dienone is 2. The molecule has 4 nitrogen and oxygen atoms in total. The largest absolute Gasteiger partial charge is 0.489 e. The molecular formula is C27H36O4S. The molecule has 4 atom stereocenters. The van der Waals surface area contributed by atoms with E-state index in [1.165, 1.54) is 0 Å². The minimum atomic E-state index is -0.986. The molecule has 5 heteroatoms. The molecule has 2 aliphatic carbocycles. The molecule has 0 radical (unpaired) electrons. The zero-order valence-electron chi connectivity index (χ0n) is 19.7. The molecular weight excluding hydrogens is 420 g/mol. The maximum atomic E-state index is 12.9. The minimum Gasteiger partial charge on any atom is -0.489 e. The van der Waals surface area contributed by atoms with Crippen LogP contribution in [0.5, 0.6) is 5.75 Å². The van der Waals surface area contributed by atoms with Crippen molar-refractivity contribution in [2.75, 3.05) is 37.7 Å². The third-order valence-electron chi connectivity index (χ3n) is 6.60. The number of esters is 1. The van der Waals surface area contributed by atoms with Crippen LogP contribution in [0.15, 0.2) is 48.1 Å². The Morgan fingerprint density at radius 3 is 2.62 bits per heavy atom. The molecule has 0 amide bonds. The molecule has 1 aromatic carbocycles. The number of carbonyl (C=O) groups is 1. The zero-order chi connectivity index (χ0) is 23.4. The Balaban J connectivity index is 1.65. The van der Waals surface area contributed by atoms with E-state index in [2.05, 4.69) is 24.7 Å². The van der Waals surface area contributed by atoms with Gasteiger partial charge in [0.05, 0.1) is 18.1 Å². The molecule has 0 heterocycles. The molecule has 32 heavy (non-hydrogen) atoms. The van der Waals surface area contributed by atoms with Gasteiger partial charge in [0.25, 0.3) is 0 Å². The average Bonchev–Trinajstić information content (AvgIpc) is 3.27. The first-order valence-corrected chi connectivity index (χ1v) is 14.3. The highest BCUT2D eigenvalue weighted by molar-refractivity contribution is 8.32. The van der Waals surface area contributed by atoms with E-state index in [0.29, 0.717) is 25.4 Å². The van der Waals surface area contributed by atoms with E-state index >= 15 is 0 Å². The summed E-state index contributed by atoms with van der Waals surface area (Å²) in [5, 5.41) is 11.6. The summed E-state index contributed by atoms with van der Waals surface area (Å²) < 4.78 is 11.5. The molecule has 1 aromatic rings. The van der Waals surface area contributed by atoms with Crippen LogP contribution in [-0.2, 0) is 15.1 Å². The van der Waals surface area contributed by atoms with Crippen molar-refractivity contribution >= 4 is 16.0 Å². The summed E-state index contributed by atoms with van der Waals surface area (Å²) in [7, 11) is -0.697. The van der Waals surface area contributed by atoms with E-state index in [4.69, 9.17) is 15.9 Å². The highest BCUT2D eigenvalue weighted by atomic mass is 32.3. The molecule has 174 valence electrons. The van der Waals surface area contributed by atoms with Gasteiger partial charge in [-0.25, -0.2) is 10.0 Å². The Kier molecular flexibility index (Phi) is 7.79. The van der Waals surface area contributed by atoms with Crippen molar-refractivity contribution in [1.82, 2.24) is 0 Å². The molecule has 2 saturated carbocycles. The Bertz CT molecular complexity index is 903. The maximum absolute atomic E-state index is 12.9. The second-order valence-corrected chi connectivity index (χ2v) is 14.3. The molecule has 0 spiro atoms. The van der Waals surface area contributed by atoms with Crippen molar-refractivity contribution in [3.05, 3.63) is 53.6 Å². The Morgan fingerprint density at radius 2 is 2.00 bits per heavy atom. The molecule has 2 aliphatic rings. The number of terminal acetylenes is 1. The van der Waals surface area contributed by atoms with Crippen molar-refractivity contribution < 1.29 is 19.4 Å². The van der Waals surface area contributed by atoms with E-state index in [9.17, 15) is 9.90 Å². The second-order valence-electron chi connectivity index (χ2n) is 9.76. The Morgan fingerprint density at radius 1 is 1.28 bits per heavy atom. The van der Waals surface area contributed by atoms with Crippen LogP contribution >= 0.6 is 10.0 Å². The van der Waals surface area contributed by atoms with Crippen molar-refractivity contribution in [3.8, 4) is 18.1 Å². The summed E-state index contributed by atoms with van der Waals surface area (Å²) in [6.07, 6.45) is 20.0. The first kappa shape index (κ1) is 24.5. The summed E-state index contributed by atoms with van der Waals surface area (Å²) >= 11 is 0. The van der Waals surface area contributed by atoms with Crippen LogP contribution in [0.3, 0.4) is 0 Å². The third-order valence-corrected chi connectivity index (χ3v) is 7.99. The van der Waals surface area contributed by atoms with Crippen molar-refractivity contribution in [3.63, 3.8) is 0 Å². The van der Waals surface area contributed by atoms with Crippen LogP contribution in [0.4, 0.5) is 0 Å². The van der Waals surface area contributed by atoms with Crippen molar-refractivity contribution in [2.45, 2.75) is 31.8 Å². The summed E-state index contributed by atoms with van der Waals surface area (Å²) in [4.78, 5) is 12.9. The summed E-state index contributed by atoms with van der Waals surface area (Å²) in [5.41, 5.74) is 0.780. The quantitative estimate of drug-likeness (QED) is 0.333. The monoisotopic (exact) mass is 456 g/mol. The van der Waals surface area contributed by atoms with Gasteiger partial charge in [0.2, 0.25) is 0 Å². The van der Waals surface area contributed by atoms with E-state index in [1.807, 2.05) is 43.3 Å². The summed E-state index contributed by atoms with van der Waals surface area (Å²) in [5.74, 6) is 3.92.